The zero-order chi connectivity index (χ0) is 11.4. The summed E-state index contributed by atoms with van der Waals surface area (Å²) in [5, 5.41) is 0. The predicted octanol–water partition coefficient (Wildman–Crippen LogP) is -0.112. The van der Waals surface area contributed by atoms with Gasteiger partial charge in [0, 0.05) is 12.6 Å². The van der Waals surface area contributed by atoms with E-state index in [9.17, 15) is 9.59 Å². The number of rotatable bonds is 3. The summed E-state index contributed by atoms with van der Waals surface area (Å²) in [6, 6.07) is -0.529. The lowest BCUT2D eigenvalue weighted by atomic mass is 10.1. The quantitative estimate of drug-likeness (QED) is 0.665. The molecule has 0 aromatic rings. The molecule has 86 valence electrons. The molecule has 2 atom stereocenters. The first kappa shape index (κ1) is 12.0. The van der Waals surface area contributed by atoms with Crippen LogP contribution in [0.2, 0.25) is 0 Å². The first-order chi connectivity index (χ1) is 7.06. The third-order valence-electron chi connectivity index (χ3n) is 2.68. The highest BCUT2D eigenvalue weighted by Crippen LogP contribution is 2.21. The molecule has 1 amide bonds. The lowest BCUT2D eigenvalue weighted by molar-refractivity contribution is -0.143. The Kier molecular flexibility index (Phi) is 4.08. The summed E-state index contributed by atoms with van der Waals surface area (Å²) in [5.41, 5.74) is 5.53. The van der Waals surface area contributed by atoms with Crippen molar-refractivity contribution in [3.05, 3.63) is 0 Å². The molecule has 1 aliphatic rings. The number of hydrogen-bond acceptors (Lipinski definition) is 4. The van der Waals surface area contributed by atoms with Crippen molar-refractivity contribution in [3.8, 4) is 0 Å². The van der Waals surface area contributed by atoms with Crippen LogP contribution in [0.25, 0.3) is 0 Å². The average Bonchev–Trinajstić information content (AvgIpc) is 2.64. The number of ether oxygens (including phenoxy) is 1. The molecule has 0 bridgehead atoms. The van der Waals surface area contributed by atoms with E-state index in [1.165, 1.54) is 7.11 Å². The van der Waals surface area contributed by atoms with Gasteiger partial charge in [0.15, 0.2) is 0 Å². The van der Waals surface area contributed by atoms with E-state index >= 15 is 0 Å². The molecule has 5 nitrogen and oxygen atoms in total. The van der Waals surface area contributed by atoms with Crippen LogP contribution in [0.5, 0.6) is 0 Å². The molecule has 2 unspecified atom stereocenters. The summed E-state index contributed by atoms with van der Waals surface area (Å²) < 4.78 is 4.59. The fourth-order valence-electron chi connectivity index (χ4n) is 1.88. The van der Waals surface area contributed by atoms with Gasteiger partial charge in [0.05, 0.1) is 19.6 Å². The average molecular weight is 214 g/mol. The molecule has 15 heavy (non-hydrogen) atoms. The van der Waals surface area contributed by atoms with E-state index in [1.807, 2.05) is 0 Å². The first-order valence-corrected chi connectivity index (χ1v) is 5.19. The molecule has 1 fully saturated rings. The van der Waals surface area contributed by atoms with Crippen LogP contribution in [-0.2, 0) is 14.3 Å². The van der Waals surface area contributed by atoms with E-state index in [4.69, 9.17) is 5.73 Å². The molecule has 0 radical (unpaired) electrons. The van der Waals surface area contributed by atoms with E-state index < -0.39 is 6.04 Å². The van der Waals surface area contributed by atoms with Crippen molar-refractivity contribution in [2.24, 2.45) is 5.73 Å². The van der Waals surface area contributed by atoms with Gasteiger partial charge in [-0.05, 0) is 19.8 Å². The minimum Gasteiger partial charge on any atom is -0.469 e. The Labute approximate surface area is 89.6 Å². The molecular weight excluding hydrogens is 196 g/mol. The number of nitrogens with zero attached hydrogens (tertiary/aromatic N) is 1. The minimum atomic E-state index is -0.497. The summed E-state index contributed by atoms with van der Waals surface area (Å²) in [7, 11) is 1.36. The second-order valence-electron chi connectivity index (χ2n) is 3.90. The van der Waals surface area contributed by atoms with Crippen LogP contribution in [0.4, 0.5) is 0 Å². The molecular formula is C10H18N2O3. The van der Waals surface area contributed by atoms with E-state index in [0.717, 1.165) is 12.8 Å². The zero-order valence-electron chi connectivity index (χ0n) is 9.23. The maximum atomic E-state index is 11.7. The summed E-state index contributed by atoms with van der Waals surface area (Å²) in [6.45, 7) is 2.36. The van der Waals surface area contributed by atoms with E-state index in [2.05, 4.69) is 4.74 Å². The number of carbonyl (C=O) groups excluding carboxylic acids is 2. The third kappa shape index (κ3) is 2.92. The number of nitrogens with two attached hydrogens (primary N) is 1. The second kappa shape index (κ2) is 5.11. The number of likely N-dealkylation sites (tertiary alicyclic amines) is 1. The first-order valence-electron chi connectivity index (χ1n) is 5.19. The van der Waals surface area contributed by atoms with Crippen molar-refractivity contribution >= 4 is 11.9 Å². The van der Waals surface area contributed by atoms with Crippen LogP contribution in [0.15, 0.2) is 0 Å². The van der Waals surface area contributed by atoms with Crippen molar-refractivity contribution in [1.29, 1.82) is 0 Å². The highest BCUT2D eigenvalue weighted by atomic mass is 16.5. The zero-order valence-corrected chi connectivity index (χ0v) is 9.23. The highest BCUT2D eigenvalue weighted by Gasteiger charge is 2.31. The Morgan fingerprint density at radius 2 is 2.27 bits per heavy atom. The lowest BCUT2D eigenvalue weighted by Gasteiger charge is -2.25. The lowest BCUT2D eigenvalue weighted by Crippen LogP contribution is -2.45. The summed E-state index contributed by atoms with van der Waals surface area (Å²) in [6.07, 6.45) is 2.06. The van der Waals surface area contributed by atoms with Crippen molar-refractivity contribution in [2.75, 3.05) is 13.7 Å². The number of amides is 1. The molecule has 0 spiro atoms. The molecule has 2 N–H and O–H groups in total. The fourth-order valence-corrected chi connectivity index (χ4v) is 1.88. The summed E-state index contributed by atoms with van der Waals surface area (Å²) in [5.74, 6) is -0.356. The van der Waals surface area contributed by atoms with Crippen molar-refractivity contribution in [3.63, 3.8) is 0 Å². The van der Waals surface area contributed by atoms with Crippen LogP contribution >= 0.6 is 0 Å². The van der Waals surface area contributed by atoms with E-state index in [0.29, 0.717) is 6.54 Å². The van der Waals surface area contributed by atoms with Gasteiger partial charge in [0.1, 0.15) is 0 Å². The Hall–Kier alpha value is -1.10. The molecule has 0 aliphatic carbocycles. The maximum Gasteiger partial charge on any atom is 0.307 e. The van der Waals surface area contributed by atoms with Gasteiger partial charge in [-0.25, -0.2) is 0 Å². The van der Waals surface area contributed by atoms with Gasteiger partial charge in [-0.2, -0.15) is 0 Å². The third-order valence-corrected chi connectivity index (χ3v) is 2.68. The van der Waals surface area contributed by atoms with Crippen molar-refractivity contribution in [2.45, 2.75) is 38.3 Å². The monoisotopic (exact) mass is 214 g/mol. The summed E-state index contributed by atoms with van der Waals surface area (Å²) in [4.78, 5) is 24.5. The van der Waals surface area contributed by atoms with Gasteiger partial charge in [0.25, 0.3) is 0 Å². The largest absolute Gasteiger partial charge is 0.469 e. The minimum absolute atomic E-state index is 0.0315. The van der Waals surface area contributed by atoms with Crippen LogP contribution < -0.4 is 5.73 Å². The normalized spacial score (nSPS) is 22.6. The maximum absolute atomic E-state index is 11.7. The van der Waals surface area contributed by atoms with Gasteiger partial charge < -0.3 is 15.4 Å². The number of carbonyl (C=O) groups is 2. The van der Waals surface area contributed by atoms with Crippen LogP contribution in [0, 0.1) is 0 Å². The second-order valence-corrected chi connectivity index (χ2v) is 3.90. The highest BCUT2D eigenvalue weighted by molar-refractivity contribution is 5.82. The number of hydrogen-bond donors (Lipinski definition) is 1. The number of methoxy groups -OCH3 is 1. The molecule has 0 aromatic heterocycles. The summed E-state index contributed by atoms with van der Waals surface area (Å²) >= 11 is 0. The van der Waals surface area contributed by atoms with Gasteiger partial charge >= 0.3 is 5.97 Å². The van der Waals surface area contributed by atoms with Crippen LogP contribution in [0.3, 0.4) is 0 Å². The number of esters is 1. The standard InChI is InChI=1S/C10H18N2O3/c1-7(11)10(14)12-5-3-4-8(12)6-9(13)15-2/h7-8H,3-6,11H2,1-2H3. The Morgan fingerprint density at radius 1 is 1.60 bits per heavy atom. The van der Waals surface area contributed by atoms with Crippen molar-refractivity contribution < 1.29 is 14.3 Å². The Morgan fingerprint density at radius 3 is 2.80 bits per heavy atom. The Bertz CT molecular complexity index is 253. The van der Waals surface area contributed by atoms with Gasteiger partial charge in [0.2, 0.25) is 5.91 Å². The molecule has 5 heteroatoms. The smallest absolute Gasteiger partial charge is 0.307 e. The molecule has 0 aromatic carbocycles. The van der Waals surface area contributed by atoms with Crippen molar-refractivity contribution in [1.82, 2.24) is 4.90 Å². The molecule has 1 rings (SSSR count). The Balaban J connectivity index is 2.57. The van der Waals surface area contributed by atoms with Gasteiger partial charge in [-0.1, -0.05) is 0 Å². The van der Waals surface area contributed by atoms with Crippen LogP contribution in [-0.4, -0.2) is 42.5 Å². The SMILES string of the molecule is COC(=O)CC1CCCN1C(=O)C(C)N. The predicted molar refractivity (Wildman–Crippen MR) is 55.0 cm³/mol. The molecule has 1 saturated heterocycles. The van der Waals surface area contributed by atoms with E-state index in [-0.39, 0.29) is 24.3 Å². The molecule has 1 heterocycles. The van der Waals surface area contributed by atoms with Gasteiger partial charge in [-0.3, -0.25) is 9.59 Å². The fraction of sp³-hybridized carbons (Fsp3) is 0.800. The van der Waals surface area contributed by atoms with Crippen LogP contribution in [0.1, 0.15) is 26.2 Å². The topological polar surface area (TPSA) is 72.6 Å². The molecule has 1 aliphatic heterocycles. The van der Waals surface area contributed by atoms with E-state index in [1.54, 1.807) is 11.8 Å². The molecule has 0 saturated carbocycles. The van der Waals surface area contributed by atoms with Gasteiger partial charge in [-0.15, -0.1) is 0 Å².